The molecule has 2 heterocycles. The van der Waals surface area contributed by atoms with Gasteiger partial charge in [-0.15, -0.1) is 0 Å². The summed E-state index contributed by atoms with van der Waals surface area (Å²) in [5.74, 6) is 0.819. The minimum atomic E-state index is -0.595. The van der Waals surface area contributed by atoms with E-state index in [0.29, 0.717) is 11.4 Å². The van der Waals surface area contributed by atoms with Gasteiger partial charge in [-0.05, 0) is 73.0 Å². The van der Waals surface area contributed by atoms with Crippen LogP contribution < -0.4 is 25.1 Å². The van der Waals surface area contributed by atoms with Crippen LogP contribution in [0, 0.1) is 13.8 Å². The number of pyridine rings is 2. The largest absolute Gasteiger partial charge is 0.503 e. The Morgan fingerprint density at radius 2 is 1.16 bits per heavy atom. The van der Waals surface area contributed by atoms with Crippen molar-refractivity contribution in [3.05, 3.63) is 128 Å². The zero-order valence-electron chi connectivity index (χ0n) is 25.8. The number of allylic oxidation sites excluding steroid dienone is 1. The lowest BCUT2D eigenvalue weighted by Gasteiger charge is -2.08. The summed E-state index contributed by atoms with van der Waals surface area (Å²) >= 11 is 5.14. The predicted octanol–water partition coefficient (Wildman–Crippen LogP) is 5.19. The van der Waals surface area contributed by atoms with Crippen molar-refractivity contribution in [1.29, 1.82) is 0 Å². The molecule has 0 amide bonds. The van der Waals surface area contributed by atoms with Crippen molar-refractivity contribution in [2.24, 2.45) is 14.1 Å². The summed E-state index contributed by atoms with van der Waals surface area (Å²) in [6, 6.07) is 17.2. The molecule has 1 N–H and O–H groups in total. The van der Waals surface area contributed by atoms with Crippen LogP contribution in [-0.4, -0.2) is 39.7 Å². The van der Waals surface area contributed by atoms with Gasteiger partial charge in [-0.3, -0.25) is 14.4 Å². The van der Waals surface area contributed by atoms with Crippen LogP contribution >= 0.6 is 11.6 Å². The fourth-order valence-electron chi connectivity index (χ4n) is 3.44. The molecule has 236 valence electrons. The number of rotatable bonds is 7. The van der Waals surface area contributed by atoms with Crippen molar-refractivity contribution in [2.45, 2.75) is 13.8 Å². The minimum Gasteiger partial charge on any atom is -0.503 e. The highest BCUT2D eigenvalue weighted by atomic mass is 35.5. The number of nitrogens with zero attached hydrogens (tertiary/aromatic N) is 2. The molecule has 2 aromatic heterocycles. The van der Waals surface area contributed by atoms with E-state index in [-0.39, 0.29) is 22.4 Å². The van der Waals surface area contributed by atoms with Gasteiger partial charge in [-0.2, -0.15) is 0 Å². The number of ether oxygens (including phenoxy) is 3. The average molecular weight is 635 g/mol. The minimum absolute atomic E-state index is 0.0504. The van der Waals surface area contributed by atoms with Crippen LogP contribution in [0.15, 0.2) is 94.8 Å². The molecular weight excluding hydrogens is 600 g/mol. The van der Waals surface area contributed by atoms with Crippen LogP contribution in [0.25, 0.3) is 12.2 Å². The molecule has 0 saturated carbocycles. The maximum Gasteiger partial charge on any atom is 0.336 e. The van der Waals surface area contributed by atoms with Crippen molar-refractivity contribution >= 4 is 35.0 Å². The summed E-state index contributed by atoms with van der Waals surface area (Å²) in [6.07, 6.45) is 9.11. The molecule has 0 atom stereocenters. The van der Waals surface area contributed by atoms with E-state index in [9.17, 15) is 19.2 Å². The van der Waals surface area contributed by atoms with E-state index < -0.39 is 11.2 Å². The fourth-order valence-corrected chi connectivity index (χ4v) is 3.50. The molecule has 0 aliphatic heterocycles. The first kappa shape index (κ1) is 35.8. The van der Waals surface area contributed by atoms with Gasteiger partial charge in [0, 0.05) is 44.7 Å². The van der Waals surface area contributed by atoms with E-state index in [1.165, 1.54) is 24.3 Å². The Morgan fingerprint density at radius 1 is 0.711 bits per heavy atom. The maximum absolute atomic E-state index is 11.8. The van der Waals surface area contributed by atoms with E-state index in [0.717, 1.165) is 22.6 Å². The molecule has 45 heavy (non-hydrogen) atoms. The number of carbonyl (C=O) groups excluding carboxylic acids is 2. The first-order valence-electron chi connectivity index (χ1n) is 13.4. The van der Waals surface area contributed by atoms with E-state index >= 15 is 0 Å². The standard InChI is InChI=1S/C17H17NO4.C10H9ClO2.C7H9NO2/c1-12-17(15(19)10-11-18(12)2)22-16(20)9-6-13-4-7-14(21-3)8-5-13;1-13-9-5-2-8(3-6-9)4-7-10(11)12;1-5-7(10)6(9)3-4-8(5)2/h4-11H,1-3H3;2-7H,1H3;3-4,10H,1-2H3/b9-6+;7-4+;. The van der Waals surface area contributed by atoms with Gasteiger partial charge in [0.2, 0.25) is 16.1 Å². The number of benzene rings is 2. The van der Waals surface area contributed by atoms with Crippen molar-refractivity contribution in [1.82, 2.24) is 9.13 Å². The van der Waals surface area contributed by atoms with Crippen LogP contribution in [0.3, 0.4) is 0 Å². The molecule has 0 bridgehead atoms. The number of halogens is 1. The van der Waals surface area contributed by atoms with Gasteiger partial charge >= 0.3 is 5.97 Å². The Labute approximate surface area is 266 Å². The van der Waals surface area contributed by atoms with Crippen molar-refractivity contribution < 1.29 is 28.9 Å². The Bertz CT molecular complexity index is 1770. The van der Waals surface area contributed by atoms with Crippen LogP contribution in [-0.2, 0) is 23.7 Å². The lowest BCUT2D eigenvalue weighted by molar-refractivity contribution is -0.129. The Kier molecular flexibility index (Phi) is 14.1. The average Bonchev–Trinajstić information content (AvgIpc) is 3.04. The molecule has 2 aromatic carbocycles. The van der Waals surface area contributed by atoms with Gasteiger partial charge in [0.25, 0.3) is 0 Å². The van der Waals surface area contributed by atoms with Crippen LogP contribution in [0.2, 0.25) is 0 Å². The quantitative estimate of drug-likeness (QED) is 0.167. The first-order valence-corrected chi connectivity index (χ1v) is 13.8. The fraction of sp³-hybridized carbons (Fsp3) is 0.176. The number of aromatic hydroxyl groups is 1. The smallest absolute Gasteiger partial charge is 0.336 e. The molecule has 0 saturated heterocycles. The van der Waals surface area contributed by atoms with Crippen LogP contribution in [0.1, 0.15) is 22.5 Å². The third-order valence-corrected chi connectivity index (χ3v) is 6.46. The van der Waals surface area contributed by atoms with Crippen molar-refractivity contribution in [3.8, 4) is 23.0 Å². The summed E-state index contributed by atoms with van der Waals surface area (Å²) in [6.45, 7) is 3.41. The number of aryl methyl sites for hydroxylation is 2. The SMILES string of the molecule is COc1ccc(/C=C/C(=O)Cl)cc1.COc1ccc(/C=C/C(=O)Oc2c(C)n(C)ccc2=O)cc1.Cc1c(O)c(=O)ccn1C. The number of aromatic nitrogens is 2. The second kappa shape index (κ2) is 17.7. The Hall–Kier alpha value is -5.35. The van der Waals surface area contributed by atoms with Gasteiger partial charge < -0.3 is 28.5 Å². The number of carbonyl (C=O) groups is 2. The summed E-state index contributed by atoms with van der Waals surface area (Å²) in [4.78, 5) is 44.7. The van der Waals surface area contributed by atoms with Crippen LogP contribution in [0.4, 0.5) is 0 Å². The molecular formula is C34H35ClN2O8. The van der Waals surface area contributed by atoms with Gasteiger partial charge in [-0.25, -0.2) is 4.79 Å². The van der Waals surface area contributed by atoms with E-state index in [2.05, 4.69) is 0 Å². The summed E-state index contributed by atoms with van der Waals surface area (Å²) in [5.41, 5.74) is 2.29. The molecule has 0 unspecified atom stereocenters. The molecule has 0 aliphatic carbocycles. The maximum atomic E-state index is 11.8. The number of esters is 1. The van der Waals surface area contributed by atoms with E-state index in [1.807, 2.05) is 36.4 Å². The molecule has 11 heteroatoms. The number of hydrogen-bond acceptors (Lipinski definition) is 8. The summed E-state index contributed by atoms with van der Waals surface area (Å²) in [7, 11) is 6.74. The predicted molar refractivity (Wildman–Crippen MR) is 175 cm³/mol. The molecule has 4 aromatic rings. The molecule has 0 spiro atoms. The molecule has 0 fully saturated rings. The topological polar surface area (TPSA) is 126 Å². The molecule has 4 rings (SSSR count). The van der Waals surface area contributed by atoms with Crippen molar-refractivity contribution in [2.75, 3.05) is 14.2 Å². The third kappa shape index (κ3) is 11.7. The summed E-state index contributed by atoms with van der Waals surface area (Å²) < 4.78 is 18.6. The van der Waals surface area contributed by atoms with Crippen molar-refractivity contribution in [3.63, 3.8) is 0 Å². The highest BCUT2D eigenvalue weighted by Crippen LogP contribution is 2.14. The third-order valence-electron chi connectivity index (χ3n) is 6.34. The summed E-state index contributed by atoms with van der Waals surface area (Å²) in [5, 5.41) is 8.58. The zero-order chi connectivity index (χ0) is 33.5. The van der Waals surface area contributed by atoms with E-state index in [4.69, 9.17) is 30.9 Å². The first-order chi connectivity index (χ1) is 21.4. The molecule has 0 aliphatic rings. The lowest BCUT2D eigenvalue weighted by Crippen LogP contribution is -2.16. The second-order valence-electron chi connectivity index (χ2n) is 9.37. The van der Waals surface area contributed by atoms with Gasteiger partial charge in [-0.1, -0.05) is 30.3 Å². The van der Waals surface area contributed by atoms with Crippen LogP contribution in [0.5, 0.6) is 23.0 Å². The highest BCUT2D eigenvalue weighted by molar-refractivity contribution is 6.66. The number of methoxy groups -OCH3 is 2. The lowest BCUT2D eigenvalue weighted by atomic mass is 10.2. The van der Waals surface area contributed by atoms with Gasteiger partial charge in [0.1, 0.15) is 11.5 Å². The molecule has 0 radical (unpaired) electrons. The second-order valence-corrected chi connectivity index (χ2v) is 9.74. The Balaban J connectivity index is 0.000000259. The molecule has 10 nitrogen and oxygen atoms in total. The van der Waals surface area contributed by atoms with E-state index in [1.54, 1.807) is 88.0 Å². The highest BCUT2D eigenvalue weighted by Gasteiger charge is 2.10. The van der Waals surface area contributed by atoms with Gasteiger partial charge in [0.05, 0.1) is 25.6 Å². The number of hydrogen-bond donors (Lipinski definition) is 1. The normalized spacial score (nSPS) is 10.4. The monoisotopic (exact) mass is 634 g/mol. The zero-order valence-corrected chi connectivity index (χ0v) is 26.6. The van der Waals surface area contributed by atoms with Gasteiger partial charge in [0.15, 0.2) is 11.5 Å². The Morgan fingerprint density at radius 3 is 1.60 bits per heavy atom.